The van der Waals surface area contributed by atoms with Crippen molar-refractivity contribution in [1.82, 2.24) is 5.32 Å². The van der Waals surface area contributed by atoms with Crippen molar-refractivity contribution in [2.24, 2.45) is 5.73 Å². The zero-order valence-electron chi connectivity index (χ0n) is 10.3. The normalized spacial score (nSPS) is 9.44. The van der Waals surface area contributed by atoms with Gasteiger partial charge in [-0.15, -0.1) is 12.4 Å². The molecule has 0 aliphatic rings. The molecule has 102 valence electrons. The Hall–Kier alpha value is -1.30. The first-order valence-electron chi connectivity index (χ1n) is 5.48. The summed E-state index contributed by atoms with van der Waals surface area (Å²) in [4.78, 5) is 11.8. The summed E-state index contributed by atoms with van der Waals surface area (Å²) in [5.41, 5.74) is 5.84. The monoisotopic (exact) mass is 274 g/mol. The topological polar surface area (TPSA) is 73.6 Å². The van der Waals surface area contributed by atoms with E-state index in [-0.39, 0.29) is 18.3 Å². The lowest BCUT2D eigenvalue weighted by Crippen LogP contribution is -2.29. The number of hydrogen-bond acceptors (Lipinski definition) is 4. The van der Waals surface area contributed by atoms with Gasteiger partial charge in [-0.25, -0.2) is 0 Å². The smallest absolute Gasteiger partial charge is 0.255 e. The van der Waals surface area contributed by atoms with Gasteiger partial charge in [-0.05, 0) is 12.1 Å². The van der Waals surface area contributed by atoms with Crippen LogP contribution in [0.1, 0.15) is 10.4 Å². The zero-order chi connectivity index (χ0) is 12.5. The Balaban J connectivity index is 0.00000289. The number of nitrogens with two attached hydrogens (primary N) is 1. The molecule has 0 heterocycles. The molecule has 1 aromatic carbocycles. The summed E-state index contributed by atoms with van der Waals surface area (Å²) in [6.45, 7) is 1.76. The van der Waals surface area contributed by atoms with Crippen molar-refractivity contribution in [3.63, 3.8) is 0 Å². The second kappa shape index (κ2) is 9.70. The van der Waals surface area contributed by atoms with Crippen LogP contribution < -0.4 is 15.8 Å². The molecule has 1 rings (SSSR count). The molecule has 0 aliphatic carbocycles. The van der Waals surface area contributed by atoms with E-state index in [9.17, 15) is 4.79 Å². The average molecular weight is 275 g/mol. The molecule has 0 radical (unpaired) electrons. The van der Waals surface area contributed by atoms with Gasteiger partial charge in [-0.1, -0.05) is 12.1 Å². The molecule has 3 N–H and O–H groups in total. The molecule has 1 amide bonds. The van der Waals surface area contributed by atoms with Gasteiger partial charge in [0.2, 0.25) is 0 Å². The third kappa shape index (κ3) is 5.35. The van der Waals surface area contributed by atoms with Crippen LogP contribution in [-0.2, 0) is 4.74 Å². The van der Waals surface area contributed by atoms with E-state index in [4.69, 9.17) is 15.2 Å². The third-order valence-electron chi connectivity index (χ3n) is 2.11. The second-order valence-corrected chi connectivity index (χ2v) is 3.38. The van der Waals surface area contributed by atoms with Gasteiger partial charge in [0.15, 0.2) is 0 Å². The van der Waals surface area contributed by atoms with E-state index in [0.29, 0.717) is 37.6 Å². The lowest BCUT2D eigenvalue weighted by Gasteiger charge is -2.10. The quantitative estimate of drug-likeness (QED) is 0.722. The first-order valence-corrected chi connectivity index (χ1v) is 5.48. The fourth-order valence-corrected chi connectivity index (χ4v) is 1.30. The number of benzene rings is 1. The molecule has 0 aliphatic heterocycles. The number of hydrogen-bond donors (Lipinski definition) is 2. The van der Waals surface area contributed by atoms with Crippen molar-refractivity contribution in [2.45, 2.75) is 0 Å². The van der Waals surface area contributed by atoms with Crippen LogP contribution >= 0.6 is 12.4 Å². The van der Waals surface area contributed by atoms with E-state index in [1.54, 1.807) is 25.3 Å². The molecule has 0 saturated heterocycles. The number of carbonyl (C=O) groups excluding carboxylic acids is 1. The molecular formula is C12H19ClN2O3. The average Bonchev–Trinajstić information content (AvgIpc) is 2.37. The second-order valence-electron chi connectivity index (χ2n) is 3.38. The largest absolute Gasteiger partial charge is 0.490 e. The molecule has 0 aromatic heterocycles. The van der Waals surface area contributed by atoms with Crippen LogP contribution in [0.4, 0.5) is 0 Å². The standard InChI is InChI=1S/C12H18N2O3.ClH/c1-16-8-9-17-11-5-3-2-4-10(11)12(15)14-7-6-13;/h2-5H,6-9,13H2,1H3,(H,14,15);1H. The molecular weight excluding hydrogens is 256 g/mol. The summed E-state index contributed by atoms with van der Waals surface area (Å²) in [5, 5.41) is 2.70. The Morgan fingerprint density at radius 2 is 2.06 bits per heavy atom. The molecule has 1 aromatic rings. The van der Waals surface area contributed by atoms with E-state index >= 15 is 0 Å². The fraction of sp³-hybridized carbons (Fsp3) is 0.417. The van der Waals surface area contributed by atoms with Gasteiger partial charge in [-0.3, -0.25) is 4.79 Å². The summed E-state index contributed by atoms with van der Waals surface area (Å²) in [6, 6.07) is 7.09. The lowest BCUT2D eigenvalue weighted by atomic mass is 10.2. The van der Waals surface area contributed by atoms with Gasteiger partial charge in [0.1, 0.15) is 12.4 Å². The zero-order valence-corrected chi connectivity index (χ0v) is 11.2. The highest BCUT2D eigenvalue weighted by atomic mass is 35.5. The Morgan fingerprint density at radius 1 is 1.33 bits per heavy atom. The predicted octanol–water partition coefficient (Wildman–Crippen LogP) is 0.822. The van der Waals surface area contributed by atoms with E-state index < -0.39 is 0 Å². The number of nitrogens with one attached hydrogen (secondary N) is 1. The van der Waals surface area contributed by atoms with Gasteiger partial charge in [-0.2, -0.15) is 0 Å². The number of ether oxygens (including phenoxy) is 2. The summed E-state index contributed by atoms with van der Waals surface area (Å²) < 4.78 is 10.3. The van der Waals surface area contributed by atoms with Crippen LogP contribution in [0, 0.1) is 0 Å². The van der Waals surface area contributed by atoms with Crippen LogP contribution in [0.2, 0.25) is 0 Å². The fourth-order valence-electron chi connectivity index (χ4n) is 1.30. The molecule has 5 nitrogen and oxygen atoms in total. The third-order valence-corrected chi connectivity index (χ3v) is 2.11. The maximum absolute atomic E-state index is 11.8. The number of para-hydroxylation sites is 1. The van der Waals surface area contributed by atoms with Gasteiger partial charge in [0.05, 0.1) is 12.2 Å². The number of rotatable bonds is 7. The molecule has 0 fully saturated rings. The molecule has 6 heteroatoms. The first kappa shape index (κ1) is 16.7. The van der Waals surface area contributed by atoms with Crippen LogP contribution in [-0.4, -0.2) is 39.3 Å². The van der Waals surface area contributed by atoms with Crippen LogP contribution in [0.15, 0.2) is 24.3 Å². The Kier molecular flexibility index (Phi) is 9.00. The van der Waals surface area contributed by atoms with Gasteiger partial charge in [0.25, 0.3) is 5.91 Å². The highest BCUT2D eigenvalue weighted by Crippen LogP contribution is 2.17. The number of halogens is 1. The molecule has 0 atom stereocenters. The highest BCUT2D eigenvalue weighted by molar-refractivity contribution is 5.96. The number of carbonyl (C=O) groups is 1. The SMILES string of the molecule is COCCOc1ccccc1C(=O)NCCN.Cl. The molecule has 0 unspecified atom stereocenters. The Bertz CT molecular complexity index is 361. The van der Waals surface area contributed by atoms with Crippen molar-refractivity contribution in [3.8, 4) is 5.75 Å². The van der Waals surface area contributed by atoms with Crippen molar-refractivity contribution >= 4 is 18.3 Å². The number of amides is 1. The lowest BCUT2D eigenvalue weighted by molar-refractivity contribution is 0.0947. The summed E-state index contributed by atoms with van der Waals surface area (Å²) in [7, 11) is 1.60. The minimum atomic E-state index is -0.177. The summed E-state index contributed by atoms with van der Waals surface area (Å²) in [6.07, 6.45) is 0. The highest BCUT2D eigenvalue weighted by Gasteiger charge is 2.10. The van der Waals surface area contributed by atoms with Crippen LogP contribution in [0.25, 0.3) is 0 Å². The van der Waals surface area contributed by atoms with Crippen molar-refractivity contribution in [2.75, 3.05) is 33.4 Å². The van der Waals surface area contributed by atoms with E-state index in [0.717, 1.165) is 0 Å². The maximum atomic E-state index is 11.8. The minimum absolute atomic E-state index is 0. The predicted molar refractivity (Wildman–Crippen MR) is 72.4 cm³/mol. The van der Waals surface area contributed by atoms with Crippen molar-refractivity contribution in [3.05, 3.63) is 29.8 Å². The molecule has 18 heavy (non-hydrogen) atoms. The first-order chi connectivity index (χ1) is 8.29. The van der Waals surface area contributed by atoms with Gasteiger partial charge >= 0.3 is 0 Å². The van der Waals surface area contributed by atoms with Crippen LogP contribution in [0.5, 0.6) is 5.75 Å². The molecule has 0 bridgehead atoms. The van der Waals surface area contributed by atoms with Crippen molar-refractivity contribution < 1.29 is 14.3 Å². The Labute approximate surface area is 113 Å². The van der Waals surface area contributed by atoms with Gasteiger partial charge in [0, 0.05) is 20.2 Å². The molecule has 0 saturated carbocycles. The van der Waals surface area contributed by atoms with E-state index in [1.165, 1.54) is 0 Å². The van der Waals surface area contributed by atoms with Gasteiger partial charge < -0.3 is 20.5 Å². The van der Waals surface area contributed by atoms with E-state index in [1.807, 2.05) is 6.07 Å². The van der Waals surface area contributed by atoms with Crippen LogP contribution in [0.3, 0.4) is 0 Å². The minimum Gasteiger partial charge on any atom is -0.490 e. The summed E-state index contributed by atoms with van der Waals surface area (Å²) >= 11 is 0. The summed E-state index contributed by atoms with van der Waals surface area (Å²) in [5.74, 6) is 0.377. The Morgan fingerprint density at radius 3 is 2.72 bits per heavy atom. The van der Waals surface area contributed by atoms with Crippen molar-refractivity contribution in [1.29, 1.82) is 0 Å². The maximum Gasteiger partial charge on any atom is 0.255 e. The number of methoxy groups -OCH3 is 1. The molecule has 0 spiro atoms. The van der Waals surface area contributed by atoms with E-state index in [2.05, 4.69) is 5.32 Å².